The molecule has 7 heteroatoms. The molecule has 266 valence electrons. The van der Waals surface area contributed by atoms with Crippen molar-refractivity contribution in [3.8, 4) is 0 Å². The van der Waals surface area contributed by atoms with Crippen molar-refractivity contribution >= 4 is 9.84 Å². The Bertz CT molecular complexity index is 775. The Morgan fingerprint density at radius 1 is 0.591 bits per heavy atom. The van der Waals surface area contributed by atoms with E-state index in [2.05, 4.69) is 25.7 Å². The summed E-state index contributed by atoms with van der Waals surface area (Å²) in [6, 6.07) is 0. The summed E-state index contributed by atoms with van der Waals surface area (Å²) in [5.74, 6) is 1.84. The van der Waals surface area contributed by atoms with Crippen molar-refractivity contribution in [2.75, 3.05) is 26.2 Å². The molecule has 4 nitrogen and oxygen atoms in total. The fourth-order valence-electron chi connectivity index (χ4n) is 7.97. The minimum Gasteiger partial charge on any atom is -0.396 e. The van der Waals surface area contributed by atoms with E-state index in [0.717, 1.165) is 76.4 Å². The maximum absolute atomic E-state index is 13.3. The number of rotatable bonds is 12. The molecule has 0 saturated heterocycles. The van der Waals surface area contributed by atoms with Gasteiger partial charge in [0.1, 0.15) is 0 Å². The average Bonchev–Trinajstić information content (AvgIpc) is 3.73. The number of hydrogen-bond donors (Lipinski definition) is 1. The van der Waals surface area contributed by atoms with Gasteiger partial charge in [-0.3, -0.25) is 0 Å². The first-order chi connectivity index (χ1) is 19.8. The van der Waals surface area contributed by atoms with Gasteiger partial charge in [0.25, 0.3) is 0 Å². The van der Waals surface area contributed by atoms with Gasteiger partial charge in [0.05, 0.1) is 10.00 Å². The minimum atomic E-state index is -3.12. The molecule has 4 atom stereocenters. The van der Waals surface area contributed by atoms with Crippen LogP contribution in [0.25, 0.3) is 0 Å². The van der Waals surface area contributed by atoms with Gasteiger partial charge in [-0.1, -0.05) is 117 Å². The van der Waals surface area contributed by atoms with Gasteiger partial charge < -0.3 is 10.0 Å². The Balaban J connectivity index is 0.00000129. The second kappa shape index (κ2) is 23.3. The molecule has 0 bridgehead atoms. The molecule has 4 rings (SSSR count). The zero-order chi connectivity index (χ0) is 31.1. The second-order valence-corrected chi connectivity index (χ2v) is 19.5. The predicted molar refractivity (Wildman–Crippen MR) is 183 cm³/mol. The van der Waals surface area contributed by atoms with Gasteiger partial charge in [0.2, 0.25) is 0 Å². The van der Waals surface area contributed by atoms with Gasteiger partial charge in [-0.25, -0.2) is 8.42 Å². The van der Waals surface area contributed by atoms with Crippen LogP contribution in [0.2, 0.25) is 0 Å². The zero-order valence-electron chi connectivity index (χ0n) is 29.8. The number of hydrogen-bond acceptors (Lipinski definition) is 4. The van der Waals surface area contributed by atoms with Crippen LogP contribution in [0, 0.1) is 23.2 Å². The molecule has 0 radical (unpaired) electrons. The summed E-state index contributed by atoms with van der Waals surface area (Å²) in [7, 11) is -3.12. The molecule has 4 unspecified atom stereocenters. The first-order valence-electron chi connectivity index (χ1n) is 18.4. The number of nitrogens with zero attached hydrogens (tertiary/aromatic N) is 1. The number of sulfone groups is 1. The molecule has 0 aromatic carbocycles. The van der Waals surface area contributed by atoms with Crippen LogP contribution in [0.4, 0.5) is 0 Å². The predicted octanol–water partition coefficient (Wildman–Crippen LogP) is 9.97. The van der Waals surface area contributed by atoms with E-state index < -0.39 is 14.6 Å². The van der Waals surface area contributed by atoms with Gasteiger partial charge in [0, 0.05) is 53.8 Å². The molecule has 4 fully saturated rings. The fourth-order valence-corrected chi connectivity index (χ4v) is 10.1. The molecular formula is C37H73Fe2NO3S. The molecule has 44 heavy (non-hydrogen) atoms. The third kappa shape index (κ3) is 17.3. The van der Waals surface area contributed by atoms with E-state index in [9.17, 15) is 8.42 Å². The Morgan fingerprint density at radius 2 is 1.02 bits per heavy atom. The number of aliphatic hydroxyl groups is 1. The van der Waals surface area contributed by atoms with E-state index in [1.807, 2.05) is 20.8 Å². The van der Waals surface area contributed by atoms with Crippen LogP contribution >= 0.6 is 0 Å². The SMILES string of the molecule is C1CCCC1.C1CCCC1.CC(C)(C)CC1CCCC1CN(CCCCCCO)CC1CCCC1S(=O)(=O)C(C)(C)C.[Fe].[Fe]. The Morgan fingerprint density at radius 3 is 1.50 bits per heavy atom. The normalized spacial score (nSPS) is 25.5. The van der Waals surface area contributed by atoms with Crippen molar-refractivity contribution in [2.24, 2.45) is 23.2 Å². The first kappa shape index (κ1) is 44.9. The van der Waals surface area contributed by atoms with Crippen molar-refractivity contribution in [3.63, 3.8) is 0 Å². The maximum atomic E-state index is 13.3. The fraction of sp³-hybridized carbons (Fsp3) is 1.00. The maximum Gasteiger partial charge on any atom is 0.158 e. The van der Waals surface area contributed by atoms with Crippen LogP contribution < -0.4 is 0 Å². The van der Waals surface area contributed by atoms with E-state index in [1.165, 1.54) is 89.9 Å². The molecule has 4 saturated carbocycles. The molecule has 0 aromatic rings. The van der Waals surface area contributed by atoms with Gasteiger partial charge in [-0.05, 0) is 89.0 Å². The summed E-state index contributed by atoms with van der Waals surface area (Å²) in [6.45, 7) is 16.1. The Hall–Kier alpha value is 0.909. The Labute approximate surface area is 296 Å². The largest absolute Gasteiger partial charge is 0.396 e. The van der Waals surface area contributed by atoms with E-state index in [-0.39, 0.29) is 51.9 Å². The summed E-state index contributed by atoms with van der Waals surface area (Å²) in [4.78, 5) is 2.64. The average molecular weight is 724 g/mol. The van der Waals surface area contributed by atoms with E-state index in [1.54, 1.807) is 0 Å². The molecule has 0 aromatic heterocycles. The van der Waals surface area contributed by atoms with Crippen molar-refractivity contribution in [1.29, 1.82) is 0 Å². The van der Waals surface area contributed by atoms with Crippen molar-refractivity contribution < 1.29 is 47.7 Å². The van der Waals surface area contributed by atoms with Gasteiger partial charge >= 0.3 is 0 Å². The van der Waals surface area contributed by atoms with Gasteiger partial charge in [-0.15, -0.1) is 0 Å². The summed E-state index contributed by atoms with van der Waals surface area (Å²) in [5, 5.41) is 8.91. The quantitative estimate of drug-likeness (QED) is 0.161. The minimum absolute atomic E-state index is 0. The third-order valence-electron chi connectivity index (χ3n) is 10.4. The van der Waals surface area contributed by atoms with E-state index >= 15 is 0 Å². The molecule has 0 spiro atoms. The summed E-state index contributed by atoms with van der Waals surface area (Å²) in [5.41, 5.74) is 0.375. The summed E-state index contributed by atoms with van der Waals surface area (Å²) < 4.78 is 25.9. The van der Waals surface area contributed by atoms with Crippen LogP contribution in [-0.2, 0) is 44.0 Å². The van der Waals surface area contributed by atoms with Crippen LogP contribution in [0.1, 0.15) is 176 Å². The number of aliphatic hydroxyl groups excluding tert-OH is 1. The molecule has 1 N–H and O–H groups in total. The topological polar surface area (TPSA) is 57.6 Å². The molecular weight excluding hydrogens is 650 g/mol. The molecule has 0 aliphatic heterocycles. The number of unbranched alkanes of at least 4 members (excludes halogenated alkanes) is 3. The smallest absolute Gasteiger partial charge is 0.158 e. The van der Waals surface area contributed by atoms with Gasteiger partial charge in [0.15, 0.2) is 9.84 Å². The van der Waals surface area contributed by atoms with Crippen molar-refractivity contribution in [3.05, 3.63) is 0 Å². The summed E-state index contributed by atoms with van der Waals surface area (Å²) in [6.07, 6.45) is 27.6. The molecule has 0 heterocycles. The Kier molecular flexibility index (Phi) is 23.8. The molecule has 4 aliphatic rings. The zero-order valence-corrected chi connectivity index (χ0v) is 32.8. The van der Waals surface area contributed by atoms with Crippen LogP contribution in [-0.4, -0.2) is 54.7 Å². The van der Waals surface area contributed by atoms with Gasteiger partial charge in [-0.2, -0.15) is 0 Å². The monoisotopic (exact) mass is 723 g/mol. The molecule has 4 aliphatic carbocycles. The van der Waals surface area contributed by atoms with E-state index in [0.29, 0.717) is 5.41 Å². The first-order valence-corrected chi connectivity index (χ1v) is 20.0. The molecule has 0 amide bonds. The van der Waals surface area contributed by atoms with Crippen LogP contribution in [0.15, 0.2) is 0 Å². The second-order valence-electron chi connectivity index (χ2n) is 16.5. The summed E-state index contributed by atoms with van der Waals surface area (Å²) >= 11 is 0. The van der Waals surface area contributed by atoms with Crippen molar-refractivity contribution in [2.45, 2.75) is 186 Å². The van der Waals surface area contributed by atoms with E-state index in [4.69, 9.17) is 5.11 Å². The third-order valence-corrected chi connectivity index (χ3v) is 13.5. The van der Waals surface area contributed by atoms with Crippen molar-refractivity contribution in [1.82, 2.24) is 4.90 Å². The van der Waals surface area contributed by atoms with Crippen LogP contribution in [0.3, 0.4) is 0 Å². The standard InChI is InChI=1S/C27H53NO3S.2C5H10.2Fe/c1-26(2,3)19-22-13-11-14-23(22)20-28(17-9-7-8-10-18-29)21-24-15-12-16-25(24)32(30,31)27(4,5)6;2*1-2-4-5-3-1;;/h22-25,29H,7-21H2,1-6H3;2*1-5H2;;. The van der Waals surface area contributed by atoms with Crippen LogP contribution in [0.5, 0.6) is 0 Å².